The minimum Gasteiger partial charge on any atom is -0.347 e. The van der Waals surface area contributed by atoms with Crippen molar-refractivity contribution < 1.29 is 8.42 Å². The van der Waals surface area contributed by atoms with E-state index in [1.165, 1.54) is 11.4 Å². The molecule has 0 radical (unpaired) electrons. The van der Waals surface area contributed by atoms with Crippen LogP contribution >= 0.6 is 0 Å². The second-order valence-corrected chi connectivity index (χ2v) is 6.61. The molecule has 0 fully saturated rings. The molecule has 7 heteroatoms. The number of aromatic amines is 1. The van der Waals surface area contributed by atoms with Gasteiger partial charge in [-0.3, -0.25) is 0 Å². The highest BCUT2D eigenvalue weighted by Gasteiger charge is 2.23. The van der Waals surface area contributed by atoms with Crippen molar-refractivity contribution in [3.63, 3.8) is 0 Å². The number of rotatable bonds is 5. The quantitative estimate of drug-likeness (QED) is 0.860. The van der Waals surface area contributed by atoms with Gasteiger partial charge in [-0.1, -0.05) is 12.1 Å². The number of sulfonamides is 1. The van der Waals surface area contributed by atoms with Gasteiger partial charge in [0, 0.05) is 26.0 Å². The van der Waals surface area contributed by atoms with E-state index in [1.807, 2.05) is 0 Å². The predicted molar refractivity (Wildman–Crippen MR) is 76.3 cm³/mol. The smallest absolute Gasteiger partial charge is 0.243 e. The van der Waals surface area contributed by atoms with Crippen molar-refractivity contribution in [2.75, 3.05) is 7.05 Å². The summed E-state index contributed by atoms with van der Waals surface area (Å²) in [5, 5.41) is 0. The number of nitrogens with one attached hydrogen (secondary N) is 1. The Hall–Kier alpha value is -1.70. The molecule has 20 heavy (non-hydrogen) atoms. The Morgan fingerprint density at radius 2 is 2.15 bits per heavy atom. The van der Waals surface area contributed by atoms with Crippen LogP contribution in [0.4, 0.5) is 0 Å². The number of H-pyrrole nitrogens is 1. The molecule has 2 aromatic rings. The van der Waals surface area contributed by atoms with Crippen LogP contribution in [0.3, 0.4) is 0 Å². The second-order valence-electron chi connectivity index (χ2n) is 4.60. The molecule has 0 bridgehead atoms. The zero-order chi connectivity index (χ0) is 14.8. The van der Waals surface area contributed by atoms with Crippen LogP contribution in [0.15, 0.2) is 35.5 Å². The van der Waals surface area contributed by atoms with Crippen molar-refractivity contribution in [3.8, 4) is 0 Å². The highest BCUT2D eigenvalue weighted by atomic mass is 32.2. The fraction of sp³-hybridized carbons (Fsp3) is 0.308. The van der Waals surface area contributed by atoms with Crippen molar-refractivity contribution >= 4 is 10.0 Å². The average molecular weight is 294 g/mol. The lowest BCUT2D eigenvalue weighted by Gasteiger charge is -2.17. The molecule has 1 aromatic carbocycles. The summed E-state index contributed by atoms with van der Waals surface area (Å²) in [6.45, 7) is 2.36. The molecule has 0 spiro atoms. The molecule has 0 unspecified atom stereocenters. The van der Waals surface area contributed by atoms with Crippen LogP contribution in [0, 0.1) is 6.92 Å². The Morgan fingerprint density at radius 1 is 1.40 bits per heavy atom. The summed E-state index contributed by atoms with van der Waals surface area (Å²) < 4.78 is 26.3. The Bertz CT molecular complexity index is 680. The van der Waals surface area contributed by atoms with E-state index in [0.29, 0.717) is 22.8 Å². The average Bonchev–Trinajstić information content (AvgIpc) is 2.91. The van der Waals surface area contributed by atoms with Crippen LogP contribution in [0.5, 0.6) is 0 Å². The fourth-order valence-corrected chi connectivity index (χ4v) is 3.31. The molecule has 0 amide bonds. The second kappa shape index (κ2) is 5.74. The third kappa shape index (κ3) is 2.90. The van der Waals surface area contributed by atoms with Gasteiger partial charge in [-0.15, -0.1) is 0 Å². The normalized spacial score (nSPS) is 12.0. The number of nitrogens with zero attached hydrogens (tertiary/aromatic N) is 2. The number of hydrogen-bond acceptors (Lipinski definition) is 4. The largest absolute Gasteiger partial charge is 0.347 e. The van der Waals surface area contributed by atoms with Crippen molar-refractivity contribution in [2.24, 2.45) is 5.73 Å². The van der Waals surface area contributed by atoms with Gasteiger partial charge in [0.1, 0.15) is 5.82 Å². The molecular weight excluding hydrogens is 276 g/mol. The number of hydrogen-bond donors (Lipinski definition) is 2. The van der Waals surface area contributed by atoms with E-state index >= 15 is 0 Å². The molecule has 0 aliphatic heterocycles. The summed E-state index contributed by atoms with van der Waals surface area (Å²) in [5.74, 6) is 0.604. The lowest BCUT2D eigenvalue weighted by molar-refractivity contribution is 0.457. The van der Waals surface area contributed by atoms with E-state index in [0.717, 1.165) is 5.56 Å². The van der Waals surface area contributed by atoms with Crippen LogP contribution in [0.1, 0.15) is 17.0 Å². The van der Waals surface area contributed by atoms with Crippen molar-refractivity contribution in [2.45, 2.75) is 24.9 Å². The summed E-state index contributed by atoms with van der Waals surface area (Å²) in [4.78, 5) is 7.22. The summed E-state index contributed by atoms with van der Waals surface area (Å²) in [6, 6.07) is 5.14. The monoisotopic (exact) mass is 294 g/mol. The summed E-state index contributed by atoms with van der Waals surface area (Å²) in [6.07, 6.45) is 3.26. The van der Waals surface area contributed by atoms with Gasteiger partial charge >= 0.3 is 0 Å². The minimum atomic E-state index is -3.54. The Balaban J connectivity index is 2.30. The highest BCUT2D eigenvalue weighted by molar-refractivity contribution is 7.89. The van der Waals surface area contributed by atoms with E-state index < -0.39 is 10.0 Å². The maximum atomic E-state index is 12.5. The topological polar surface area (TPSA) is 92.1 Å². The van der Waals surface area contributed by atoms with E-state index in [9.17, 15) is 8.42 Å². The minimum absolute atomic E-state index is 0.202. The van der Waals surface area contributed by atoms with Gasteiger partial charge in [-0.2, -0.15) is 4.31 Å². The molecule has 2 rings (SSSR count). The summed E-state index contributed by atoms with van der Waals surface area (Å²) in [7, 11) is -2.00. The third-order valence-electron chi connectivity index (χ3n) is 3.09. The third-order valence-corrected chi connectivity index (χ3v) is 5.05. The number of aryl methyl sites for hydroxylation is 1. The van der Waals surface area contributed by atoms with Crippen LogP contribution in [0.2, 0.25) is 0 Å². The maximum Gasteiger partial charge on any atom is 0.243 e. The maximum absolute atomic E-state index is 12.5. The molecule has 0 aliphatic rings. The lowest BCUT2D eigenvalue weighted by atomic mass is 10.1. The molecule has 108 valence electrons. The van der Waals surface area contributed by atoms with Crippen molar-refractivity contribution in [1.29, 1.82) is 0 Å². The van der Waals surface area contributed by atoms with E-state index in [1.54, 1.807) is 37.5 Å². The predicted octanol–water partition coefficient (Wildman–Crippen LogP) is 0.998. The zero-order valence-electron chi connectivity index (χ0n) is 11.5. The SMILES string of the molecule is Cc1cc(CN)ccc1S(=O)(=O)N(C)Cc1ncc[nH]1. The highest BCUT2D eigenvalue weighted by Crippen LogP contribution is 2.21. The Morgan fingerprint density at radius 3 is 2.70 bits per heavy atom. The van der Waals surface area contributed by atoms with Gasteiger partial charge in [0.25, 0.3) is 0 Å². The summed E-state index contributed by atoms with van der Waals surface area (Å²) in [5.41, 5.74) is 7.16. The van der Waals surface area contributed by atoms with Gasteiger partial charge in [-0.05, 0) is 24.1 Å². The van der Waals surface area contributed by atoms with Crippen molar-refractivity contribution in [1.82, 2.24) is 14.3 Å². The molecular formula is C13H18N4O2S. The molecule has 0 atom stereocenters. The molecule has 0 saturated carbocycles. The van der Waals surface area contributed by atoms with Gasteiger partial charge in [0.05, 0.1) is 11.4 Å². The fourth-order valence-electron chi connectivity index (χ4n) is 1.98. The van der Waals surface area contributed by atoms with E-state index in [2.05, 4.69) is 9.97 Å². The molecule has 1 heterocycles. The van der Waals surface area contributed by atoms with Gasteiger partial charge < -0.3 is 10.7 Å². The number of imidazole rings is 1. The standard InChI is InChI=1S/C13H18N4O2S/c1-10-7-11(8-14)3-4-12(10)20(18,19)17(2)9-13-15-5-6-16-13/h3-7H,8-9,14H2,1-2H3,(H,15,16). The van der Waals surface area contributed by atoms with Gasteiger partial charge in [-0.25, -0.2) is 13.4 Å². The first kappa shape index (κ1) is 14.7. The number of nitrogens with two attached hydrogens (primary N) is 1. The van der Waals surface area contributed by atoms with Crippen LogP contribution in [-0.4, -0.2) is 29.7 Å². The molecule has 0 saturated heterocycles. The molecule has 3 N–H and O–H groups in total. The van der Waals surface area contributed by atoms with Crippen molar-refractivity contribution in [3.05, 3.63) is 47.5 Å². The lowest BCUT2D eigenvalue weighted by Crippen LogP contribution is -2.27. The Labute approximate surface area is 118 Å². The van der Waals surface area contributed by atoms with Crippen LogP contribution < -0.4 is 5.73 Å². The first-order valence-corrected chi connectivity index (χ1v) is 7.63. The first-order valence-electron chi connectivity index (χ1n) is 6.19. The van der Waals surface area contributed by atoms with Crippen LogP contribution in [-0.2, 0) is 23.1 Å². The van der Waals surface area contributed by atoms with E-state index in [4.69, 9.17) is 5.73 Å². The Kier molecular flexibility index (Phi) is 4.22. The van der Waals surface area contributed by atoms with Crippen LogP contribution in [0.25, 0.3) is 0 Å². The molecule has 1 aromatic heterocycles. The number of benzene rings is 1. The summed E-state index contributed by atoms with van der Waals surface area (Å²) >= 11 is 0. The zero-order valence-corrected chi connectivity index (χ0v) is 12.3. The van der Waals surface area contributed by atoms with Gasteiger partial charge in [0.2, 0.25) is 10.0 Å². The molecule has 0 aliphatic carbocycles. The molecule has 6 nitrogen and oxygen atoms in total. The van der Waals surface area contributed by atoms with Gasteiger partial charge in [0.15, 0.2) is 0 Å². The number of aromatic nitrogens is 2. The first-order chi connectivity index (χ1) is 9.45. The van der Waals surface area contributed by atoms with E-state index in [-0.39, 0.29) is 6.54 Å².